The molecule has 0 amide bonds. The van der Waals surface area contributed by atoms with Crippen LogP contribution in [0.2, 0.25) is 5.02 Å². The summed E-state index contributed by atoms with van der Waals surface area (Å²) in [7, 11) is -3.97. The lowest BCUT2D eigenvalue weighted by molar-refractivity contribution is -0.137. The van der Waals surface area contributed by atoms with Crippen molar-refractivity contribution in [2.75, 3.05) is 6.54 Å². The van der Waals surface area contributed by atoms with Crippen LogP contribution in [0.5, 0.6) is 0 Å². The number of allylic oxidation sites excluding steroid dienone is 4. The minimum atomic E-state index is -3.97. The van der Waals surface area contributed by atoms with Gasteiger partial charge in [-0.25, -0.2) is 17.5 Å². The van der Waals surface area contributed by atoms with Gasteiger partial charge < -0.3 is 5.11 Å². The molecule has 2 aliphatic rings. The van der Waals surface area contributed by atoms with Crippen molar-refractivity contribution < 1.29 is 22.7 Å². The van der Waals surface area contributed by atoms with Crippen LogP contribution in [0.25, 0.3) is 0 Å². The van der Waals surface area contributed by atoms with Gasteiger partial charge in [0.15, 0.2) is 0 Å². The standard InChI is InChI=1S/C20H23ClFNO4S/c21-15-8-9-19(18(22)11-15)28(26,27)23-12-17-14-7-6-13(10-14)16(17)4-2-1-3-5-20(24)25/h2,4,6-9,11,13-14,16-17,23H,1,3,5,10,12H2,(H,24,25)/b4-2-/t13-,14+,16-,17-/m0/s1. The highest BCUT2D eigenvalue weighted by molar-refractivity contribution is 7.89. The number of carboxylic acids is 1. The molecule has 152 valence electrons. The molecule has 2 bridgehead atoms. The van der Waals surface area contributed by atoms with Gasteiger partial charge in [-0.15, -0.1) is 0 Å². The number of carbonyl (C=O) groups is 1. The molecule has 4 atom stereocenters. The third-order valence-electron chi connectivity index (χ3n) is 5.50. The van der Waals surface area contributed by atoms with Crippen LogP contribution in [-0.4, -0.2) is 26.0 Å². The first-order valence-corrected chi connectivity index (χ1v) is 11.2. The lowest BCUT2D eigenvalue weighted by Gasteiger charge is -2.26. The van der Waals surface area contributed by atoms with E-state index in [9.17, 15) is 17.6 Å². The van der Waals surface area contributed by atoms with Crippen LogP contribution in [-0.2, 0) is 14.8 Å². The molecule has 0 radical (unpaired) electrons. The molecule has 0 unspecified atom stereocenters. The number of hydrogen-bond acceptors (Lipinski definition) is 3. The molecule has 1 saturated carbocycles. The highest BCUT2D eigenvalue weighted by Gasteiger charge is 2.43. The summed E-state index contributed by atoms with van der Waals surface area (Å²) in [5, 5.41) is 8.84. The highest BCUT2D eigenvalue weighted by atomic mass is 35.5. The number of aliphatic carboxylic acids is 1. The fraction of sp³-hybridized carbons (Fsp3) is 0.450. The molecule has 28 heavy (non-hydrogen) atoms. The molecule has 0 heterocycles. The van der Waals surface area contributed by atoms with Crippen molar-refractivity contribution in [1.29, 1.82) is 0 Å². The smallest absolute Gasteiger partial charge is 0.303 e. The molecule has 0 aliphatic heterocycles. The topological polar surface area (TPSA) is 83.5 Å². The Labute approximate surface area is 169 Å². The number of benzene rings is 1. The molecule has 1 aromatic carbocycles. The number of carboxylic acid groups (broad SMARTS) is 1. The van der Waals surface area contributed by atoms with Crippen LogP contribution in [0.15, 0.2) is 47.4 Å². The number of fused-ring (bicyclic) bond motifs is 2. The maximum absolute atomic E-state index is 14.0. The molecule has 0 aromatic heterocycles. The monoisotopic (exact) mass is 427 g/mol. The number of nitrogens with one attached hydrogen (secondary N) is 1. The Hall–Kier alpha value is -1.70. The molecule has 5 nitrogen and oxygen atoms in total. The zero-order chi connectivity index (χ0) is 20.3. The van der Waals surface area contributed by atoms with E-state index < -0.39 is 26.7 Å². The molecule has 1 aromatic rings. The Bertz CT molecular complexity index is 899. The maximum Gasteiger partial charge on any atom is 0.303 e. The highest BCUT2D eigenvalue weighted by Crippen LogP contribution is 2.48. The van der Waals surface area contributed by atoms with Gasteiger partial charge in [-0.1, -0.05) is 35.9 Å². The van der Waals surface area contributed by atoms with Gasteiger partial charge in [-0.05, 0) is 61.1 Å². The summed E-state index contributed by atoms with van der Waals surface area (Å²) in [6.07, 6.45) is 10.7. The largest absolute Gasteiger partial charge is 0.481 e. The van der Waals surface area contributed by atoms with E-state index in [1.165, 1.54) is 12.1 Å². The van der Waals surface area contributed by atoms with Crippen molar-refractivity contribution in [3.05, 3.63) is 53.3 Å². The molecule has 0 saturated heterocycles. The first-order valence-electron chi connectivity index (χ1n) is 9.29. The van der Waals surface area contributed by atoms with Crippen LogP contribution >= 0.6 is 11.6 Å². The van der Waals surface area contributed by atoms with Crippen molar-refractivity contribution >= 4 is 27.6 Å². The normalized spacial score (nSPS) is 26.4. The maximum atomic E-state index is 14.0. The summed E-state index contributed by atoms with van der Waals surface area (Å²) in [5.41, 5.74) is 0. The minimum Gasteiger partial charge on any atom is -0.481 e. The van der Waals surface area contributed by atoms with Gasteiger partial charge in [0, 0.05) is 18.0 Å². The predicted octanol–water partition coefficient (Wildman–Crippen LogP) is 4.01. The molecular weight excluding hydrogens is 405 g/mol. The lowest BCUT2D eigenvalue weighted by atomic mass is 9.83. The average Bonchev–Trinajstić information content (AvgIpc) is 3.20. The molecule has 0 spiro atoms. The molecule has 2 aliphatic carbocycles. The lowest BCUT2D eigenvalue weighted by Crippen LogP contribution is -2.34. The fourth-order valence-electron chi connectivity index (χ4n) is 4.14. The third-order valence-corrected chi connectivity index (χ3v) is 7.19. The summed E-state index contributed by atoms with van der Waals surface area (Å²) in [4.78, 5) is 10.2. The van der Waals surface area contributed by atoms with E-state index in [2.05, 4.69) is 23.0 Å². The fourth-order valence-corrected chi connectivity index (χ4v) is 5.43. The van der Waals surface area contributed by atoms with E-state index >= 15 is 0 Å². The van der Waals surface area contributed by atoms with E-state index in [1.54, 1.807) is 0 Å². The van der Waals surface area contributed by atoms with Crippen LogP contribution < -0.4 is 4.72 Å². The second kappa shape index (κ2) is 8.76. The zero-order valence-corrected chi connectivity index (χ0v) is 16.8. The van der Waals surface area contributed by atoms with Crippen molar-refractivity contribution in [1.82, 2.24) is 4.72 Å². The Kier molecular flexibility index (Phi) is 6.58. The van der Waals surface area contributed by atoms with Crippen LogP contribution in [0, 0.1) is 29.5 Å². The second-order valence-corrected chi connectivity index (χ2v) is 9.50. The van der Waals surface area contributed by atoms with Crippen LogP contribution in [0.1, 0.15) is 25.7 Å². The number of unbranched alkanes of at least 4 members (excludes halogenated alkanes) is 1. The Morgan fingerprint density at radius 1 is 1.32 bits per heavy atom. The first kappa shape index (κ1) is 21.0. The summed E-state index contributed by atoms with van der Waals surface area (Å²) < 4.78 is 41.6. The third kappa shape index (κ3) is 4.82. The van der Waals surface area contributed by atoms with E-state index in [-0.39, 0.29) is 35.7 Å². The Morgan fingerprint density at radius 2 is 2.07 bits per heavy atom. The van der Waals surface area contributed by atoms with Gasteiger partial charge in [-0.2, -0.15) is 0 Å². The van der Waals surface area contributed by atoms with Crippen LogP contribution in [0.4, 0.5) is 4.39 Å². The van der Waals surface area contributed by atoms with Gasteiger partial charge in [-0.3, -0.25) is 4.79 Å². The Morgan fingerprint density at radius 3 is 2.79 bits per heavy atom. The van der Waals surface area contributed by atoms with Crippen molar-refractivity contribution in [3.63, 3.8) is 0 Å². The van der Waals surface area contributed by atoms with Gasteiger partial charge >= 0.3 is 5.97 Å². The van der Waals surface area contributed by atoms with E-state index in [4.69, 9.17) is 16.7 Å². The molecule has 8 heteroatoms. The summed E-state index contributed by atoms with van der Waals surface area (Å²) in [6.45, 7) is 0.222. The summed E-state index contributed by atoms with van der Waals surface area (Å²) >= 11 is 5.69. The van der Waals surface area contributed by atoms with Crippen molar-refractivity contribution in [3.8, 4) is 0 Å². The molecule has 2 N–H and O–H groups in total. The van der Waals surface area contributed by atoms with Crippen molar-refractivity contribution in [2.45, 2.75) is 30.6 Å². The van der Waals surface area contributed by atoms with Gasteiger partial charge in [0.25, 0.3) is 0 Å². The van der Waals surface area contributed by atoms with Gasteiger partial charge in [0.1, 0.15) is 10.7 Å². The zero-order valence-electron chi connectivity index (χ0n) is 15.2. The average molecular weight is 428 g/mol. The van der Waals surface area contributed by atoms with Gasteiger partial charge in [0.05, 0.1) is 0 Å². The van der Waals surface area contributed by atoms with E-state index in [0.717, 1.165) is 12.5 Å². The number of halogens is 2. The first-order chi connectivity index (χ1) is 13.3. The van der Waals surface area contributed by atoms with Crippen LogP contribution in [0.3, 0.4) is 0 Å². The SMILES string of the molecule is O=C(O)CCC/C=C\[C@@H]1[C@@H](CNS(=O)(=O)c2ccc(Cl)cc2F)[C@@H]2C=C[C@H]1C2. The second-order valence-electron chi connectivity index (χ2n) is 7.33. The van der Waals surface area contributed by atoms with Gasteiger partial charge in [0.2, 0.25) is 10.0 Å². The number of rotatable bonds is 9. The quantitative estimate of drug-likeness (QED) is 0.460. The predicted molar refractivity (Wildman–Crippen MR) is 105 cm³/mol. The number of hydrogen-bond donors (Lipinski definition) is 2. The molecular formula is C20H23ClFNO4S. The molecule has 1 fully saturated rings. The molecule has 3 rings (SSSR count). The number of sulfonamides is 1. The van der Waals surface area contributed by atoms with Crippen molar-refractivity contribution in [2.24, 2.45) is 23.7 Å². The Balaban J connectivity index is 1.64. The van der Waals surface area contributed by atoms with E-state index in [1.807, 2.05) is 6.08 Å². The minimum absolute atomic E-state index is 0.0934. The summed E-state index contributed by atoms with van der Waals surface area (Å²) in [5.74, 6) is -0.743. The summed E-state index contributed by atoms with van der Waals surface area (Å²) in [6, 6.07) is 3.50. The van der Waals surface area contributed by atoms with E-state index in [0.29, 0.717) is 18.8 Å².